The molecule has 0 saturated carbocycles. The second-order valence-corrected chi connectivity index (χ2v) is 7.39. The summed E-state index contributed by atoms with van der Waals surface area (Å²) in [6.07, 6.45) is 2.96. The van der Waals surface area contributed by atoms with Gasteiger partial charge in [0.25, 0.3) is 5.91 Å². The second kappa shape index (κ2) is 10.2. The molecule has 2 aromatic rings. The van der Waals surface area contributed by atoms with Gasteiger partial charge in [-0.05, 0) is 46.1 Å². The van der Waals surface area contributed by atoms with Crippen LogP contribution in [0.1, 0.15) is 35.0 Å². The van der Waals surface area contributed by atoms with Gasteiger partial charge in [0.05, 0.1) is 6.54 Å². The second-order valence-electron chi connectivity index (χ2n) is 6.47. The van der Waals surface area contributed by atoms with Crippen LogP contribution in [0.4, 0.5) is 0 Å². The number of nitrogens with zero attached hydrogens (tertiary/aromatic N) is 3. The zero-order valence-corrected chi connectivity index (χ0v) is 18.0. The Morgan fingerprint density at radius 2 is 2.07 bits per heavy atom. The lowest BCUT2D eigenvalue weighted by atomic mass is 10.1. The van der Waals surface area contributed by atoms with E-state index in [2.05, 4.69) is 47.1 Å². The Bertz CT molecular complexity index is 799. The number of guanidine groups is 1. The number of carbonyl (C=O) groups is 1. The van der Waals surface area contributed by atoms with E-state index in [0.29, 0.717) is 18.7 Å². The third kappa shape index (κ3) is 6.13. The molecule has 0 bridgehead atoms. The lowest BCUT2D eigenvalue weighted by Crippen LogP contribution is -2.38. The molecule has 6 nitrogen and oxygen atoms in total. The molecule has 1 aromatic heterocycles. The molecule has 0 spiro atoms. The van der Waals surface area contributed by atoms with Gasteiger partial charge in [-0.1, -0.05) is 19.1 Å². The largest absolute Gasteiger partial charge is 0.352 e. The summed E-state index contributed by atoms with van der Waals surface area (Å²) in [6.45, 7) is 4.06. The Balaban J connectivity index is 1.97. The van der Waals surface area contributed by atoms with Gasteiger partial charge in [0, 0.05) is 56.2 Å². The summed E-state index contributed by atoms with van der Waals surface area (Å²) in [4.78, 5) is 18.6. The van der Waals surface area contributed by atoms with Crippen molar-refractivity contribution in [3.63, 3.8) is 0 Å². The molecule has 27 heavy (non-hydrogen) atoms. The van der Waals surface area contributed by atoms with Gasteiger partial charge in [0.2, 0.25) is 0 Å². The number of hydrogen-bond acceptors (Lipinski definition) is 2. The summed E-state index contributed by atoms with van der Waals surface area (Å²) < 4.78 is 3.15. The monoisotopic (exact) mass is 433 g/mol. The smallest absolute Gasteiger partial charge is 0.251 e. The number of nitrogens with one attached hydrogen (secondary N) is 2. The number of aromatic nitrogens is 1. The first-order valence-corrected chi connectivity index (χ1v) is 9.83. The Hall–Kier alpha value is -2.28. The fourth-order valence-electron chi connectivity index (χ4n) is 2.77. The maximum atomic E-state index is 12.1. The van der Waals surface area contributed by atoms with Crippen LogP contribution in [0.3, 0.4) is 0 Å². The van der Waals surface area contributed by atoms with E-state index < -0.39 is 0 Å². The first kappa shape index (κ1) is 21.0. The summed E-state index contributed by atoms with van der Waals surface area (Å²) in [5.74, 6) is 0.766. The Kier molecular flexibility index (Phi) is 7.91. The van der Waals surface area contributed by atoms with Crippen molar-refractivity contribution >= 4 is 27.8 Å². The SMILES string of the molecule is CCCNC(=O)c1cccc(CNC(=NC)N(C)Cc2cc(Br)cn2C)c1. The van der Waals surface area contributed by atoms with Crippen LogP contribution in [0.2, 0.25) is 0 Å². The van der Waals surface area contributed by atoms with Crippen LogP contribution in [0.25, 0.3) is 0 Å². The van der Waals surface area contributed by atoms with E-state index in [1.165, 1.54) is 5.69 Å². The highest BCUT2D eigenvalue weighted by molar-refractivity contribution is 9.10. The Morgan fingerprint density at radius 3 is 2.70 bits per heavy atom. The highest BCUT2D eigenvalue weighted by Gasteiger charge is 2.10. The first-order valence-electron chi connectivity index (χ1n) is 9.04. The molecule has 0 unspecified atom stereocenters. The summed E-state index contributed by atoms with van der Waals surface area (Å²) in [5.41, 5.74) is 2.90. The molecule has 0 atom stereocenters. The molecule has 0 radical (unpaired) electrons. The number of aryl methyl sites for hydroxylation is 1. The number of aliphatic imine (C=N–C) groups is 1. The maximum Gasteiger partial charge on any atom is 0.251 e. The minimum atomic E-state index is -0.0329. The molecule has 1 aromatic carbocycles. The van der Waals surface area contributed by atoms with Gasteiger partial charge >= 0.3 is 0 Å². The van der Waals surface area contributed by atoms with Gasteiger partial charge in [-0.3, -0.25) is 9.79 Å². The summed E-state index contributed by atoms with van der Waals surface area (Å²) in [7, 11) is 5.80. The highest BCUT2D eigenvalue weighted by atomic mass is 79.9. The van der Waals surface area contributed by atoms with Crippen molar-refractivity contribution < 1.29 is 4.79 Å². The molecule has 146 valence electrons. The number of carbonyl (C=O) groups excluding carboxylic acids is 1. The van der Waals surface area contributed by atoms with Gasteiger partial charge in [-0.15, -0.1) is 0 Å². The van der Waals surface area contributed by atoms with Crippen LogP contribution in [0, 0.1) is 0 Å². The third-order valence-electron chi connectivity index (χ3n) is 4.22. The number of hydrogen-bond donors (Lipinski definition) is 2. The van der Waals surface area contributed by atoms with Crippen molar-refractivity contribution in [3.8, 4) is 0 Å². The fraction of sp³-hybridized carbons (Fsp3) is 0.400. The molecular weight excluding hydrogens is 406 g/mol. The van der Waals surface area contributed by atoms with E-state index in [1.54, 1.807) is 7.05 Å². The molecule has 0 aliphatic heterocycles. The van der Waals surface area contributed by atoms with E-state index in [-0.39, 0.29) is 5.91 Å². The molecule has 0 saturated heterocycles. The lowest BCUT2D eigenvalue weighted by molar-refractivity contribution is 0.0953. The molecule has 0 aliphatic carbocycles. The molecule has 7 heteroatoms. The number of halogens is 1. The Morgan fingerprint density at radius 1 is 1.30 bits per heavy atom. The Labute approximate surface area is 169 Å². The average Bonchev–Trinajstić information content (AvgIpc) is 2.97. The quantitative estimate of drug-likeness (QED) is 0.520. The van der Waals surface area contributed by atoms with Gasteiger partial charge < -0.3 is 20.1 Å². The van der Waals surface area contributed by atoms with Crippen LogP contribution >= 0.6 is 15.9 Å². The number of benzene rings is 1. The topological polar surface area (TPSA) is 61.7 Å². The summed E-state index contributed by atoms with van der Waals surface area (Å²) >= 11 is 3.50. The van der Waals surface area contributed by atoms with Gasteiger partial charge in [0.15, 0.2) is 5.96 Å². The molecule has 2 rings (SSSR count). The highest BCUT2D eigenvalue weighted by Crippen LogP contribution is 2.15. The number of rotatable bonds is 7. The van der Waals surface area contributed by atoms with E-state index in [4.69, 9.17) is 0 Å². The standard InChI is InChI=1S/C20H28BrN5O/c1-5-9-23-19(27)16-8-6-7-15(10-16)12-24-20(22-2)26(4)14-18-11-17(21)13-25(18)3/h6-8,10-11,13H,5,9,12,14H2,1-4H3,(H,22,24)(H,23,27). The minimum absolute atomic E-state index is 0.0329. The van der Waals surface area contributed by atoms with Gasteiger partial charge in [0.1, 0.15) is 0 Å². The third-order valence-corrected chi connectivity index (χ3v) is 4.66. The molecule has 0 fully saturated rings. The molecule has 2 N–H and O–H groups in total. The average molecular weight is 434 g/mol. The van der Waals surface area contributed by atoms with Crippen LogP contribution < -0.4 is 10.6 Å². The van der Waals surface area contributed by atoms with E-state index in [0.717, 1.165) is 29.0 Å². The normalized spacial score (nSPS) is 11.4. The summed E-state index contributed by atoms with van der Waals surface area (Å²) in [5, 5.41) is 6.27. The van der Waals surface area contributed by atoms with Crippen molar-refractivity contribution in [2.45, 2.75) is 26.4 Å². The summed E-state index contributed by atoms with van der Waals surface area (Å²) in [6, 6.07) is 9.77. The zero-order chi connectivity index (χ0) is 19.8. The van der Waals surface area contributed by atoms with Crippen molar-refractivity contribution in [1.82, 2.24) is 20.1 Å². The molecule has 0 aliphatic rings. The van der Waals surface area contributed by atoms with Gasteiger partial charge in [-0.25, -0.2) is 0 Å². The van der Waals surface area contributed by atoms with Crippen LogP contribution in [0.5, 0.6) is 0 Å². The van der Waals surface area contributed by atoms with Crippen molar-refractivity contribution in [2.75, 3.05) is 20.6 Å². The van der Waals surface area contributed by atoms with Gasteiger partial charge in [-0.2, -0.15) is 0 Å². The maximum absolute atomic E-state index is 12.1. The van der Waals surface area contributed by atoms with Crippen LogP contribution in [0.15, 0.2) is 46.0 Å². The molecule has 1 heterocycles. The minimum Gasteiger partial charge on any atom is -0.352 e. The van der Waals surface area contributed by atoms with E-state index >= 15 is 0 Å². The molecule has 1 amide bonds. The molecular formula is C20H28BrN5O. The van der Waals surface area contributed by atoms with E-state index in [9.17, 15) is 4.79 Å². The number of amides is 1. The van der Waals surface area contributed by atoms with Crippen molar-refractivity contribution in [2.24, 2.45) is 12.0 Å². The van der Waals surface area contributed by atoms with Crippen molar-refractivity contribution in [3.05, 3.63) is 57.8 Å². The van der Waals surface area contributed by atoms with Crippen LogP contribution in [-0.4, -0.2) is 42.0 Å². The predicted octanol–water partition coefficient (Wildman–Crippen LogP) is 3.13. The van der Waals surface area contributed by atoms with Crippen LogP contribution in [-0.2, 0) is 20.1 Å². The fourth-order valence-corrected chi connectivity index (χ4v) is 3.34. The van der Waals surface area contributed by atoms with Crippen molar-refractivity contribution in [1.29, 1.82) is 0 Å². The first-order chi connectivity index (χ1) is 12.9. The predicted molar refractivity (Wildman–Crippen MR) is 114 cm³/mol. The lowest BCUT2D eigenvalue weighted by Gasteiger charge is -2.22. The van der Waals surface area contributed by atoms with E-state index in [1.807, 2.05) is 51.5 Å². The zero-order valence-electron chi connectivity index (χ0n) is 16.4.